The molecule has 128 valence electrons. The summed E-state index contributed by atoms with van der Waals surface area (Å²) in [4.78, 5) is 10.7. The molecule has 2 rings (SSSR count). The minimum atomic E-state index is -1.49. The highest BCUT2D eigenvalue weighted by Crippen LogP contribution is 2.24. The first kappa shape index (κ1) is 17.6. The highest BCUT2D eigenvalue weighted by atomic mass is 16.7. The number of aliphatic hydroxyl groups excluding tert-OH is 4. The monoisotopic (exact) mass is 328 g/mol. The van der Waals surface area contributed by atoms with Crippen LogP contribution in [-0.2, 0) is 20.9 Å². The second-order valence-corrected chi connectivity index (χ2v) is 5.24. The van der Waals surface area contributed by atoms with Crippen LogP contribution in [0.4, 0.5) is 0 Å². The van der Waals surface area contributed by atoms with Gasteiger partial charge in [-0.1, -0.05) is 12.1 Å². The lowest BCUT2D eigenvalue weighted by Crippen LogP contribution is -2.60. The van der Waals surface area contributed by atoms with Crippen LogP contribution in [0.3, 0.4) is 0 Å². The Kier molecular flexibility index (Phi) is 5.91. The summed E-state index contributed by atoms with van der Waals surface area (Å²) in [5.74, 6) is -0.0347. The van der Waals surface area contributed by atoms with Gasteiger partial charge in [0.2, 0.25) is 6.29 Å². The summed E-state index contributed by atoms with van der Waals surface area (Å²) >= 11 is 0. The molecule has 0 aliphatic carbocycles. The number of carbonyl (C=O) groups excluding carboxylic acids is 1. The number of carbonyl (C=O) groups is 1. The molecule has 0 amide bonds. The van der Waals surface area contributed by atoms with Crippen LogP contribution in [-0.4, -0.2) is 63.7 Å². The Hall–Kier alpha value is -1.71. The summed E-state index contributed by atoms with van der Waals surface area (Å²) in [6.45, 7) is 0.929. The van der Waals surface area contributed by atoms with Crippen LogP contribution in [0.2, 0.25) is 0 Å². The molecule has 0 aromatic heterocycles. The van der Waals surface area contributed by atoms with Gasteiger partial charge in [-0.2, -0.15) is 0 Å². The van der Waals surface area contributed by atoms with E-state index in [1.165, 1.54) is 6.92 Å². The van der Waals surface area contributed by atoms with Gasteiger partial charge in [-0.15, -0.1) is 0 Å². The van der Waals surface area contributed by atoms with E-state index >= 15 is 0 Å². The van der Waals surface area contributed by atoms with E-state index in [9.17, 15) is 20.1 Å². The average Bonchev–Trinajstić information content (AvgIpc) is 2.54. The molecule has 5 atom stereocenters. The van der Waals surface area contributed by atoms with Crippen molar-refractivity contribution in [3.05, 3.63) is 29.8 Å². The largest absolute Gasteiger partial charge is 0.462 e. The minimum Gasteiger partial charge on any atom is -0.462 e. The zero-order valence-electron chi connectivity index (χ0n) is 12.5. The lowest BCUT2D eigenvalue weighted by Gasteiger charge is -2.39. The Labute approximate surface area is 132 Å². The van der Waals surface area contributed by atoms with Crippen LogP contribution in [0.5, 0.6) is 5.75 Å². The molecule has 8 nitrogen and oxygen atoms in total. The van der Waals surface area contributed by atoms with E-state index < -0.39 is 37.3 Å². The van der Waals surface area contributed by atoms with E-state index in [-0.39, 0.29) is 12.6 Å². The van der Waals surface area contributed by atoms with Crippen molar-refractivity contribution in [3.63, 3.8) is 0 Å². The summed E-state index contributed by atoms with van der Waals surface area (Å²) in [6.07, 6.45) is -6.64. The third kappa shape index (κ3) is 4.40. The Morgan fingerprint density at radius 1 is 1.13 bits per heavy atom. The first-order valence-electron chi connectivity index (χ1n) is 7.12. The maximum atomic E-state index is 10.7. The zero-order chi connectivity index (χ0) is 17.0. The van der Waals surface area contributed by atoms with Gasteiger partial charge in [-0.25, -0.2) is 0 Å². The van der Waals surface area contributed by atoms with Gasteiger partial charge >= 0.3 is 5.97 Å². The number of ether oxygens (including phenoxy) is 3. The molecule has 8 heteroatoms. The van der Waals surface area contributed by atoms with Crippen LogP contribution >= 0.6 is 0 Å². The molecule has 0 spiro atoms. The highest BCUT2D eigenvalue weighted by Gasteiger charge is 2.44. The number of esters is 1. The summed E-state index contributed by atoms with van der Waals surface area (Å²) < 4.78 is 15.5. The number of hydrogen-bond acceptors (Lipinski definition) is 8. The molecule has 1 fully saturated rings. The quantitative estimate of drug-likeness (QED) is 0.503. The molecule has 1 aromatic carbocycles. The SMILES string of the molecule is CC(=O)OCc1ccc(O[C@@H]2O[C@H](CO)[C@@H](O)[C@H](O)[C@H]2O)cc1. The lowest BCUT2D eigenvalue weighted by molar-refractivity contribution is -0.277. The molecule has 0 unspecified atom stereocenters. The minimum absolute atomic E-state index is 0.135. The van der Waals surface area contributed by atoms with Gasteiger partial charge in [-0.05, 0) is 17.7 Å². The molecule has 0 bridgehead atoms. The third-order valence-corrected chi connectivity index (χ3v) is 3.47. The lowest BCUT2D eigenvalue weighted by atomic mass is 9.99. The van der Waals surface area contributed by atoms with Gasteiger partial charge < -0.3 is 34.6 Å². The smallest absolute Gasteiger partial charge is 0.302 e. The molecule has 1 heterocycles. The van der Waals surface area contributed by atoms with Crippen molar-refractivity contribution < 1.29 is 39.4 Å². The zero-order valence-corrected chi connectivity index (χ0v) is 12.5. The van der Waals surface area contributed by atoms with E-state index in [0.29, 0.717) is 5.75 Å². The molecular weight excluding hydrogens is 308 g/mol. The Bertz CT molecular complexity index is 515. The molecule has 0 saturated carbocycles. The van der Waals surface area contributed by atoms with Crippen LogP contribution in [0.15, 0.2) is 24.3 Å². The molecule has 1 aromatic rings. The van der Waals surface area contributed by atoms with Crippen molar-refractivity contribution in [1.82, 2.24) is 0 Å². The second-order valence-electron chi connectivity index (χ2n) is 5.24. The third-order valence-electron chi connectivity index (χ3n) is 3.47. The van der Waals surface area contributed by atoms with E-state index in [0.717, 1.165) is 5.56 Å². The van der Waals surface area contributed by atoms with E-state index in [4.69, 9.17) is 19.3 Å². The Morgan fingerprint density at radius 2 is 1.78 bits per heavy atom. The fourth-order valence-electron chi connectivity index (χ4n) is 2.15. The highest BCUT2D eigenvalue weighted by molar-refractivity contribution is 5.65. The predicted molar refractivity (Wildman–Crippen MR) is 76.3 cm³/mol. The number of hydrogen-bond donors (Lipinski definition) is 4. The first-order chi connectivity index (χ1) is 10.9. The van der Waals surface area contributed by atoms with Gasteiger partial charge in [0.1, 0.15) is 36.8 Å². The standard InChI is InChI=1S/C15H20O8/c1-8(17)21-7-9-2-4-10(5-3-9)22-15-14(20)13(19)12(18)11(6-16)23-15/h2-5,11-16,18-20H,6-7H2,1H3/t11-,12-,13+,14-,15-/m1/s1. The maximum Gasteiger partial charge on any atom is 0.302 e. The number of rotatable bonds is 5. The van der Waals surface area contributed by atoms with Gasteiger partial charge in [-0.3, -0.25) is 4.79 Å². The van der Waals surface area contributed by atoms with Crippen LogP contribution in [0.1, 0.15) is 12.5 Å². The van der Waals surface area contributed by atoms with E-state index in [1.54, 1.807) is 24.3 Å². The van der Waals surface area contributed by atoms with Gasteiger partial charge in [0.05, 0.1) is 6.61 Å². The molecular formula is C15H20O8. The summed E-state index contributed by atoms with van der Waals surface area (Å²) in [5.41, 5.74) is 0.751. The normalized spacial score (nSPS) is 30.7. The summed E-state index contributed by atoms with van der Waals surface area (Å²) in [6, 6.07) is 6.51. The average molecular weight is 328 g/mol. The molecule has 1 aliphatic heterocycles. The van der Waals surface area contributed by atoms with Crippen LogP contribution in [0, 0.1) is 0 Å². The Balaban J connectivity index is 1.99. The topological polar surface area (TPSA) is 126 Å². The summed E-state index contributed by atoms with van der Waals surface area (Å²) in [7, 11) is 0. The fourth-order valence-corrected chi connectivity index (χ4v) is 2.15. The second kappa shape index (κ2) is 7.71. The van der Waals surface area contributed by atoms with Crippen LogP contribution < -0.4 is 4.74 Å². The summed E-state index contributed by atoms with van der Waals surface area (Å²) in [5, 5.41) is 38.4. The number of benzene rings is 1. The van der Waals surface area contributed by atoms with E-state index in [2.05, 4.69) is 0 Å². The predicted octanol–water partition coefficient (Wildman–Crippen LogP) is -1.07. The molecule has 0 radical (unpaired) electrons. The van der Waals surface area contributed by atoms with Crippen molar-refractivity contribution in [3.8, 4) is 5.75 Å². The van der Waals surface area contributed by atoms with Gasteiger partial charge in [0.15, 0.2) is 0 Å². The van der Waals surface area contributed by atoms with Crippen LogP contribution in [0.25, 0.3) is 0 Å². The van der Waals surface area contributed by atoms with Gasteiger partial charge in [0, 0.05) is 6.92 Å². The van der Waals surface area contributed by atoms with Crippen molar-refractivity contribution in [2.75, 3.05) is 6.61 Å². The van der Waals surface area contributed by atoms with Crippen molar-refractivity contribution in [2.45, 2.75) is 44.2 Å². The molecule has 23 heavy (non-hydrogen) atoms. The molecule has 1 saturated heterocycles. The Morgan fingerprint density at radius 3 is 2.35 bits per heavy atom. The van der Waals surface area contributed by atoms with Gasteiger partial charge in [0.25, 0.3) is 0 Å². The van der Waals surface area contributed by atoms with E-state index in [1.807, 2.05) is 0 Å². The van der Waals surface area contributed by atoms with Crippen molar-refractivity contribution in [1.29, 1.82) is 0 Å². The first-order valence-corrected chi connectivity index (χ1v) is 7.12. The van der Waals surface area contributed by atoms with Crippen molar-refractivity contribution in [2.24, 2.45) is 0 Å². The fraction of sp³-hybridized carbons (Fsp3) is 0.533. The molecule has 4 N–H and O–H groups in total. The number of aliphatic hydroxyl groups is 4. The maximum absolute atomic E-state index is 10.7. The van der Waals surface area contributed by atoms with Crippen molar-refractivity contribution >= 4 is 5.97 Å². The molecule has 1 aliphatic rings.